The van der Waals surface area contributed by atoms with Crippen LogP contribution in [0, 0.1) is 11.3 Å². The predicted octanol–water partition coefficient (Wildman–Crippen LogP) is 3.74. The largest absolute Gasteiger partial charge is 0.354 e. The predicted molar refractivity (Wildman–Crippen MR) is 114 cm³/mol. The number of hydrogen-bond acceptors (Lipinski definition) is 7. The lowest BCUT2D eigenvalue weighted by molar-refractivity contribution is 0.494. The second-order valence-electron chi connectivity index (χ2n) is 7.34. The van der Waals surface area contributed by atoms with Crippen LogP contribution in [0.3, 0.4) is 0 Å². The zero-order valence-electron chi connectivity index (χ0n) is 16.3. The molecule has 1 fully saturated rings. The van der Waals surface area contributed by atoms with Gasteiger partial charge in [0.05, 0.1) is 0 Å². The van der Waals surface area contributed by atoms with Crippen molar-refractivity contribution in [2.24, 2.45) is 0 Å². The van der Waals surface area contributed by atoms with Crippen molar-refractivity contribution >= 4 is 16.9 Å². The lowest BCUT2D eigenvalue weighted by atomic mass is 9.92. The van der Waals surface area contributed by atoms with Crippen molar-refractivity contribution in [3.63, 3.8) is 0 Å². The first-order valence-electron chi connectivity index (χ1n) is 9.95. The van der Waals surface area contributed by atoms with Crippen LogP contribution in [-0.4, -0.2) is 38.0 Å². The Bertz CT molecular complexity index is 1230. The van der Waals surface area contributed by atoms with Gasteiger partial charge in [0, 0.05) is 66.6 Å². The Labute approximate surface area is 174 Å². The number of piperidine rings is 1. The van der Waals surface area contributed by atoms with E-state index in [2.05, 4.69) is 49.1 Å². The highest BCUT2D eigenvalue weighted by atomic mass is 15.2. The minimum Gasteiger partial charge on any atom is -0.354 e. The molecule has 0 aromatic carbocycles. The van der Waals surface area contributed by atoms with E-state index < -0.39 is 0 Å². The number of anilines is 1. The molecule has 0 radical (unpaired) electrons. The van der Waals surface area contributed by atoms with E-state index in [0.717, 1.165) is 53.8 Å². The summed E-state index contributed by atoms with van der Waals surface area (Å²) < 4.78 is 0. The first kappa shape index (κ1) is 18.1. The summed E-state index contributed by atoms with van der Waals surface area (Å²) in [5.74, 6) is 1.05. The monoisotopic (exact) mass is 393 g/mol. The third kappa shape index (κ3) is 3.44. The van der Waals surface area contributed by atoms with E-state index in [-0.39, 0.29) is 0 Å². The summed E-state index contributed by atoms with van der Waals surface area (Å²) in [7, 11) is 0. The van der Waals surface area contributed by atoms with Crippen LogP contribution in [0.15, 0.2) is 61.3 Å². The molecule has 5 heterocycles. The van der Waals surface area contributed by atoms with Gasteiger partial charge in [0.2, 0.25) is 0 Å². The van der Waals surface area contributed by atoms with Crippen LogP contribution < -0.4 is 4.90 Å². The molecule has 0 saturated carbocycles. The normalized spacial score (nSPS) is 14.6. The quantitative estimate of drug-likeness (QED) is 0.523. The van der Waals surface area contributed by atoms with Gasteiger partial charge in [-0.25, -0.2) is 19.9 Å². The zero-order chi connectivity index (χ0) is 20.3. The summed E-state index contributed by atoms with van der Waals surface area (Å²) >= 11 is 0. The number of rotatable bonds is 3. The molecule has 1 aliphatic rings. The molecule has 146 valence electrons. The number of hydrogen-bond donors (Lipinski definition) is 0. The van der Waals surface area contributed by atoms with Gasteiger partial charge in [0.15, 0.2) is 17.2 Å². The Hall–Kier alpha value is -3.92. The highest BCUT2D eigenvalue weighted by Crippen LogP contribution is 2.31. The summed E-state index contributed by atoms with van der Waals surface area (Å²) in [6, 6.07) is 12.4. The molecule has 30 heavy (non-hydrogen) atoms. The fourth-order valence-electron chi connectivity index (χ4n) is 3.98. The maximum Gasteiger partial charge on any atom is 0.183 e. The molecular weight excluding hydrogens is 374 g/mol. The molecule has 0 bridgehead atoms. The third-order valence-corrected chi connectivity index (χ3v) is 5.58. The van der Waals surface area contributed by atoms with E-state index in [1.54, 1.807) is 24.8 Å². The minimum absolute atomic E-state index is 0.370. The lowest BCUT2D eigenvalue weighted by Crippen LogP contribution is -2.34. The number of nitriles is 1. The summed E-state index contributed by atoms with van der Waals surface area (Å²) in [5.41, 5.74) is 4.38. The molecular formula is C23H19N7. The molecule has 0 atom stereocenters. The van der Waals surface area contributed by atoms with Gasteiger partial charge in [-0.15, -0.1) is 0 Å². The highest BCUT2D eigenvalue weighted by Gasteiger charge is 2.24. The molecule has 0 spiro atoms. The lowest BCUT2D eigenvalue weighted by Gasteiger charge is -2.32. The average Bonchev–Trinajstić information content (AvgIpc) is 2.84. The van der Waals surface area contributed by atoms with Crippen molar-refractivity contribution in [2.45, 2.75) is 18.8 Å². The smallest absolute Gasteiger partial charge is 0.183 e. The Morgan fingerprint density at radius 3 is 2.50 bits per heavy atom. The minimum atomic E-state index is 0.370. The second-order valence-corrected chi connectivity index (χ2v) is 7.34. The van der Waals surface area contributed by atoms with Gasteiger partial charge < -0.3 is 4.90 Å². The van der Waals surface area contributed by atoms with Gasteiger partial charge >= 0.3 is 0 Å². The maximum atomic E-state index is 9.27. The summed E-state index contributed by atoms with van der Waals surface area (Å²) in [5, 5.41) is 10.3. The Morgan fingerprint density at radius 2 is 1.70 bits per heavy atom. The van der Waals surface area contributed by atoms with E-state index in [1.807, 2.05) is 18.3 Å². The number of nitrogens with zero attached hydrogens (tertiary/aromatic N) is 7. The first-order valence-corrected chi connectivity index (χ1v) is 9.95. The maximum absolute atomic E-state index is 9.27. The standard InChI is InChI=1S/C23H19N7/c24-14-21-23(27-10-9-26-21)30-11-5-17(6-12-30)20-2-1-18-13-19(15-28-22(18)29-20)16-3-7-25-8-4-16/h1-4,7-10,13,15,17H,5-6,11-12H2. The van der Waals surface area contributed by atoms with E-state index in [9.17, 15) is 5.26 Å². The van der Waals surface area contributed by atoms with Crippen LogP contribution in [0.4, 0.5) is 5.82 Å². The first-order chi connectivity index (χ1) is 14.8. The third-order valence-electron chi connectivity index (χ3n) is 5.58. The van der Waals surface area contributed by atoms with Gasteiger partial charge in [0.1, 0.15) is 6.07 Å². The van der Waals surface area contributed by atoms with E-state index in [4.69, 9.17) is 4.98 Å². The molecule has 4 aromatic rings. The van der Waals surface area contributed by atoms with Crippen LogP contribution in [-0.2, 0) is 0 Å². The van der Waals surface area contributed by atoms with E-state index >= 15 is 0 Å². The SMILES string of the molecule is N#Cc1nccnc1N1CCC(c2ccc3cc(-c4ccncc4)cnc3n2)CC1. The van der Waals surface area contributed by atoms with Crippen molar-refractivity contribution in [3.8, 4) is 17.2 Å². The average molecular weight is 393 g/mol. The van der Waals surface area contributed by atoms with Crippen molar-refractivity contribution in [1.82, 2.24) is 24.9 Å². The number of aromatic nitrogens is 5. The molecule has 5 rings (SSSR count). The number of fused-ring (bicyclic) bond motifs is 1. The van der Waals surface area contributed by atoms with Crippen LogP contribution in [0.2, 0.25) is 0 Å². The van der Waals surface area contributed by atoms with Crippen LogP contribution in [0.25, 0.3) is 22.2 Å². The molecule has 7 nitrogen and oxygen atoms in total. The van der Waals surface area contributed by atoms with Crippen LogP contribution >= 0.6 is 0 Å². The molecule has 0 unspecified atom stereocenters. The summed E-state index contributed by atoms with van der Waals surface area (Å²) in [6.45, 7) is 1.65. The Kier molecular flexibility index (Phi) is 4.74. The molecule has 4 aromatic heterocycles. The van der Waals surface area contributed by atoms with Gasteiger partial charge in [-0.3, -0.25) is 4.98 Å². The number of pyridine rings is 3. The van der Waals surface area contributed by atoms with Gasteiger partial charge in [0.25, 0.3) is 0 Å². The van der Waals surface area contributed by atoms with Crippen molar-refractivity contribution in [1.29, 1.82) is 5.26 Å². The topological polar surface area (TPSA) is 91.5 Å². The highest BCUT2D eigenvalue weighted by molar-refractivity contribution is 5.80. The Balaban J connectivity index is 1.34. The molecule has 7 heteroatoms. The van der Waals surface area contributed by atoms with Crippen molar-refractivity contribution < 1.29 is 0 Å². The summed E-state index contributed by atoms with van der Waals surface area (Å²) in [4.78, 5) is 24.1. The molecule has 0 amide bonds. The second kappa shape index (κ2) is 7.84. The molecule has 1 saturated heterocycles. The van der Waals surface area contributed by atoms with E-state index in [1.165, 1.54) is 0 Å². The Morgan fingerprint density at radius 1 is 0.900 bits per heavy atom. The van der Waals surface area contributed by atoms with Gasteiger partial charge in [-0.1, -0.05) is 0 Å². The van der Waals surface area contributed by atoms with Crippen molar-refractivity contribution in [3.05, 3.63) is 72.7 Å². The van der Waals surface area contributed by atoms with Crippen molar-refractivity contribution in [2.75, 3.05) is 18.0 Å². The molecule has 0 aliphatic carbocycles. The zero-order valence-corrected chi connectivity index (χ0v) is 16.3. The fourth-order valence-corrected chi connectivity index (χ4v) is 3.98. The van der Waals surface area contributed by atoms with Crippen LogP contribution in [0.5, 0.6) is 0 Å². The molecule has 1 aliphatic heterocycles. The van der Waals surface area contributed by atoms with E-state index in [0.29, 0.717) is 17.4 Å². The fraction of sp³-hybridized carbons (Fsp3) is 0.217. The van der Waals surface area contributed by atoms with Gasteiger partial charge in [-0.2, -0.15) is 5.26 Å². The van der Waals surface area contributed by atoms with Crippen LogP contribution in [0.1, 0.15) is 30.1 Å². The summed E-state index contributed by atoms with van der Waals surface area (Å²) in [6.07, 6.45) is 10.5. The molecule has 0 N–H and O–H groups in total. The van der Waals surface area contributed by atoms with Gasteiger partial charge in [-0.05, 0) is 48.7 Å².